The van der Waals surface area contributed by atoms with Crippen LogP contribution in [0.5, 0.6) is 0 Å². The molecule has 26 heavy (non-hydrogen) atoms. The second-order valence-corrected chi connectivity index (χ2v) is 21.9. The Bertz CT molecular complexity index is 857. The summed E-state index contributed by atoms with van der Waals surface area (Å²) in [5.41, 5.74) is 8.57. The monoisotopic (exact) mass is 569 g/mol. The second kappa shape index (κ2) is 8.15. The molecule has 3 aliphatic rings. The van der Waals surface area contributed by atoms with Crippen LogP contribution in [-0.2, 0) is 19.1 Å². The van der Waals surface area contributed by atoms with Crippen molar-refractivity contribution in [1.29, 1.82) is 0 Å². The summed E-state index contributed by atoms with van der Waals surface area (Å²) < 4.78 is 1.33. The number of hydrogen-bond acceptors (Lipinski definition) is 0. The van der Waals surface area contributed by atoms with Crippen molar-refractivity contribution in [3.05, 3.63) is 67.1 Å². The SMILES string of the molecule is CC1=[C]([Hf]([Cl])[Cl])C2=C(C(C)C)C=CC(=[Si](C)C)C(C)C2=C1C1=CC=CC1. The quantitative estimate of drug-likeness (QED) is 0.320. The molecule has 1 atom stereocenters. The Morgan fingerprint density at radius 2 is 1.85 bits per heavy atom. The van der Waals surface area contributed by atoms with Crippen LogP contribution in [0.4, 0.5) is 0 Å². The Balaban J connectivity index is 2.39. The van der Waals surface area contributed by atoms with E-state index in [2.05, 4.69) is 71.2 Å². The van der Waals surface area contributed by atoms with Gasteiger partial charge in [-0.25, -0.2) is 0 Å². The van der Waals surface area contributed by atoms with Gasteiger partial charge in [0.25, 0.3) is 0 Å². The first-order valence-electron chi connectivity index (χ1n) is 9.35. The van der Waals surface area contributed by atoms with Gasteiger partial charge in [0.1, 0.15) is 0 Å². The summed E-state index contributed by atoms with van der Waals surface area (Å²) in [5.74, 6) is 0.896. The van der Waals surface area contributed by atoms with Crippen molar-refractivity contribution in [2.24, 2.45) is 11.8 Å². The molecular formula is C22H27Cl2HfSi. The zero-order valence-electron chi connectivity index (χ0n) is 16.5. The molecule has 0 radical (unpaired) electrons. The molecule has 0 saturated carbocycles. The molecule has 3 rings (SSSR count). The summed E-state index contributed by atoms with van der Waals surface area (Å²) >= 11 is -2.78. The molecule has 0 fully saturated rings. The molecular weight excluding hydrogens is 542 g/mol. The second-order valence-electron chi connectivity index (χ2n) is 7.87. The van der Waals surface area contributed by atoms with Crippen molar-refractivity contribution < 1.29 is 19.1 Å². The molecule has 3 aliphatic carbocycles. The average Bonchev–Trinajstić information content (AvgIpc) is 3.12. The summed E-state index contributed by atoms with van der Waals surface area (Å²) in [6, 6.07) is 0. The Kier molecular flexibility index (Phi) is 6.49. The molecule has 0 aliphatic heterocycles. The molecule has 0 spiro atoms. The zero-order valence-corrected chi connectivity index (χ0v) is 22.6. The molecule has 4 heteroatoms. The van der Waals surface area contributed by atoms with Crippen molar-refractivity contribution in [3.63, 3.8) is 0 Å². The minimum atomic E-state index is -2.78. The van der Waals surface area contributed by atoms with Gasteiger partial charge >= 0.3 is 176 Å². The Hall–Kier alpha value is -0.0230. The van der Waals surface area contributed by atoms with Crippen molar-refractivity contribution in [1.82, 2.24) is 0 Å². The van der Waals surface area contributed by atoms with E-state index in [4.69, 9.17) is 17.2 Å². The van der Waals surface area contributed by atoms with E-state index in [9.17, 15) is 0 Å². The zero-order chi connectivity index (χ0) is 19.2. The van der Waals surface area contributed by atoms with Gasteiger partial charge in [-0.1, -0.05) is 0 Å². The fourth-order valence-electron chi connectivity index (χ4n) is 4.43. The summed E-state index contributed by atoms with van der Waals surface area (Å²) in [7, 11) is 13.0. The molecule has 0 aromatic heterocycles. The molecule has 137 valence electrons. The van der Waals surface area contributed by atoms with Gasteiger partial charge in [-0.2, -0.15) is 0 Å². The summed E-state index contributed by atoms with van der Waals surface area (Å²) in [5, 5.41) is 1.60. The topological polar surface area (TPSA) is 0 Å². The maximum absolute atomic E-state index is 6.74. The molecule has 0 amide bonds. The molecule has 0 aromatic rings. The third-order valence-corrected chi connectivity index (χ3v) is 14.1. The van der Waals surface area contributed by atoms with E-state index < -0.39 is 27.5 Å². The fourth-order valence-corrected chi connectivity index (χ4v) is 12.9. The van der Waals surface area contributed by atoms with Crippen LogP contribution in [-0.4, -0.2) is 13.6 Å². The van der Waals surface area contributed by atoms with Crippen molar-refractivity contribution in [2.75, 3.05) is 0 Å². The maximum atomic E-state index is 6.74. The minimum absolute atomic E-state index is 0.434. The van der Waals surface area contributed by atoms with Crippen LogP contribution >= 0.6 is 17.2 Å². The van der Waals surface area contributed by atoms with Gasteiger partial charge in [0.2, 0.25) is 0 Å². The third kappa shape index (κ3) is 3.52. The normalized spacial score (nSPS) is 22.6. The first-order valence-corrected chi connectivity index (χ1v) is 22.6. The van der Waals surface area contributed by atoms with Gasteiger partial charge in [-0.3, -0.25) is 0 Å². The summed E-state index contributed by atoms with van der Waals surface area (Å²) in [4.78, 5) is 0. The first kappa shape index (κ1) is 20.7. The Labute approximate surface area is 175 Å². The number of fused-ring (bicyclic) bond motifs is 1. The molecule has 0 N–H and O–H groups in total. The van der Waals surface area contributed by atoms with Crippen LogP contribution in [0.15, 0.2) is 67.1 Å². The van der Waals surface area contributed by atoms with Gasteiger partial charge in [0, 0.05) is 0 Å². The van der Waals surface area contributed by atoms with E-state index in [1.165, 1.54) is 36.8 Å². The molecule has 0 aromatic carbocycles. The van der Waals surface area contributed by atoms with Crippen molar-refractivity contribution >= 4 is 30.7 Å². The van der Waals surface area contributed by atoms with E-state index in [-0.39, 0.29) is 0 Å². The first-order chi connectivity index (χ1) is 12.3. The van der Waals surface area contributed by atoms with Gasteiger partial charge in [0.05, 0.1) is 0 Å². The number of halogens is 2. The van der Waals surface area contributed by atoms with E-state index in [0.29, 0.717) is 11.8 Å². The summed E-state index contributed by atoms with van der Waals surface area (Å²) in [6.45, 7) is 14.0. The van der Waals surface area contributed by atoms with Crippen molar-refractivity contribution in [3.8, 4) is 0 Å². The molecule has 0 saturated heterocycles. The Morgan fingerprint density at radius 1 is 1.15 bits per heavy atom. The molecule has 0 bridgehead atoms. The fraction of sp³-hybridized carbons (Fsp3) is 0.409. The van der Waals surface area contributed by atoms with E-state index in [1.807, 2.05) is 0 Å². The number of allylic oxidation sites excluding steroid dienone is 12. The average molecular weight is 569 g/mol. The van der Waals surface area contributed by atoms with Gasteiger partial charge in [0.15, 0.2) is 0 Å². The van der Waals surface area contributed by atoms with E-state index >= 15 is 0 Å². The predicted octanol–water partition coefficient (Wildman–Crippen LogP) is 7.05. The van der Waals surface area contributed by atoms with Crippen LogP contribution in [0.2, 0.25) is 13.1 Å². The van der Waals surface area contributed by atoms with Crippen molar-refractivity contribution in [2.45, 2.75) is 47.2 Å². The third-order valence-electron chi connectivity index (χ3n) is 5.65. The molecule has 0 heterocycles. The molecule has 1 unspecified atom stereocenters. The van der Waals surface area contributed by atoms with Crippen LogP contribution in [0.25, 0.3) is 0 Å². The summed E-state index contributed by atoms with van der Waals surface area (Å²) in [6.07, 6.45) is 12.5. The van der Waals surface area contributed by atoms with E-state index in [1.54, 1.807) is 5.17 Å². The van der Waals surface area contributed by atoms with Gasteiger partial charge < -0.3 is 0 Å². The number of hydrogen-bond donors (Lipinski definition) is 0. The standard InChI is InChI=1S/C22H27Si.2ClH.Hf/c1-14(2)18-11-12-20(23(5)6)16(4)22-19(18)13-15(3)21(22)17-9-7-8-10-17;;;/h7-9,11-12,14,16H,10H2,1-6H3;2*1H;/q;;;+2/p-2. The van der Waals surface area contributed by atoms with Crippen LogP contribution in [0.1, 0.15) is 34.1 Å². The number of rotatable bonds is 3. The Morgan fingerprint density at radius 3 is 2.35 bits per heavy atom. The van der Waals surface area contributed by atoms with Crippen LogP contribution < -0.4 is 0 Å². The molecule has 0 nitrogen and oxygen atoms in total. The van der Waals surface area contributed by atoms with Gasteiger partial charge in [-0.05, 0) is 0 Å². The van der Waals surface area contributed by atoms with Crippen LogP contribution in [0, 0.1) is 11.8 Å². The predicted molar refractivity (Wildman–Crippen MR) is 116 cm³/mol. The van der Waals surface area contributed by atoms with Crippen LogP contribution in [0.3, 0.4) is 0 Å². The van der Waals surface area contributed by atoms with E-state index in [0.717, 1.165) is 6.42 Å². The van der Waals surface area contributed by atoms with Gasteiger partial charge in [-0.15, -0.1) is 0 Å².